The lowest BCUT2D eigenvalue weighted by atomic mass is 10.0. The van der Waals surface area contributed by atoms with Gasteiger partial charge in [0.15, 0.2) is 0 Å². The van der Waals surface area contributed by atoms with E-state index in [9.17, 15) is 0 Å². The fraction of sp³-hybridized carbons (Fsp3) is 0. The van der Waals surface area contributed by atoms with Crippen molar-refractivity contribution in [3.8, 4) is 11.1 Å². The second kappa shape index (κ2) is 3.99. The molecule has 1 aromatic heterocycles. The second-order valence-electron chi connectivity index (χ2n) is 4.65. The summed E-state index contributed by atoms with van der Waals surface area (Å²) in [5.41, 5.74) is 4.25. The smallest absolute Gasteiger partial charge is 0.143 e. The second-order valence-corrected chi connectivity index (χ2v) is 4.65. The van der Waals surface area contributed by atoms with Crippen LogP contribution in [-0.4, -0.2) is 0 Å². The Morgan fingerprint density at radius 1 is 0.579 bits per heavy atom. The minimum Gasteiger partial charge on any atom is -0.455 e. The monoisotopic (exact) mass is 244 g/mol. The molecule has 90 valence electrons. The zero-order valence-corrected chi connectivity index (χ0v) is 10.3. The molecule has 1 nitrogen and oxygen atoms in total. The summed E-state index contributed by atoms with van der Waals surface area (Å²) in [6.45, 7) is 0. The fourth-order valence-electron chi connectivity index (χ4n) is 2.59. The Balaban J connectivity index is 2.13. The van der Waals surface area contributed by atoms with Gasteiger partial charge < -0.3 is 4.42 Å². The zero-order valence-electron chi connectivity index (χ0n) is 10.3. The van der Waals surface area contributed by atoms with Crippen molar-refractivity contribution in [3.63, 3.8) is 0 Å². The van der Waals surface area contributed by atoms with Gasteiger partial charge in [-0.05, 0) is 11.6 Å². The Labute approximate surface area is 111 Å². The number of furan rings is 1. The van der Waals surface area contributed by atoms with Gasteiger partial charge in [-0.25, -0.2) is 0 Å². The van der Waals surface area contributed by atoms with Gasteiger partial charge in [-0.1, -0.05) is 66.7 Å². The van der Waals surface area contributed by atoms with Crippen LogP contribution >= 0.6 is 0 Å². The number of hydrogen-bond acceptors (Lipinski definition) is 1. The molecule has 4 aromatic rings. The van der Waals surface area contributed by atoms with Gasteiger partial charge >= 0.3 is 0 Å². The lowest BCUT2D eigenvalue weighted by Gasteiger charge is -2.01. The van der Waals surface area contributed by atoms with Gasteiger partial charge in [0.05, 0.1) is 0 Å². The molecule has 0 fully saturated rings. The van der Waals surface area contributed by atoms with Crippen LogP contribution < -0.4 is 0 Å². The molecule has 0 spiro atoms. The summed E-state index contributed by atoms with van der Waals surface area (Å²) in [5.74, 6) is 0. The molecule has 0 aliphatic carbocycles. The number of rotatable bonds is 1. The van der Waals surface area contributed by atoms with Crippen molar-refractivity contribution in [1.82, 2.24) is 0 Å². The third kappa shape index (κ3) is 1.55. The van der Waals surface area contributed by atoms with E-state index in [1.165, 1.54) is 16.3 Å². The van der Waals surface area contributed by atoms with Crippen LogP contribution in [-0.2, 0) is 0 Å². The Morgan fingerprint density at radius 3 is 2.21 bits per heavy atom. The van der Waals surface area contributed by atoms with E-state index in [-0.39, 0.29) is 0 Å². The lowest BCUT2D eigenvalue weighted by molar-refractivity contribution is 0.670. The van der Waals surface area contributed by atoms with E-state index >= 15 is 0 Å². The van der Waals surface area contributed by atoms with E-state index < -0.39 is 0 Å². The first-order valence-electron chi connectivity index (χ1n) is 6.39. The minimum absolute atomic E-state index is 0.945. The predicted molar refractivity (Wildman–Crippen MR) is 79.2 cm³/mol. The summed E-state index contributed by atoms with van der Waals surface area (Å²) in [7, 11) is 0. The fourth-order valence-corrected chi connectivity index (χ4v) is 2.59. The number of fused-ring (bicyclic) bond motifs is 3. The minimum atomic E-state index is 0.945. The largest absolute Gasteiger partial charge is 0.455 e. The normalized spacial score (nSPS) is 11.2. The summed E-state index contributed by atoms with van der Waals surface area (Å²) in [6.07, 6.45) is 0. The van der Waals surface area contributed by atoms with E-state index in [1.807, 2.05) is 24.3 Å². The number of benzene rings is 3. The molecule has 0 N–H and O–H groups in total. The van der Waals surface area contributed by atoms with Crippen molar-refractivity contribution in [2.75, 3.05) is 0 Å². The highest BCUT2D eigenvalue weighted by Gasteiger charge is 2.10. The summed E-state index contributed by atoms with van der Waals surface area (Å²) in [6, 6.07) is 24.9. The van der Waals surface area contributed by atoms with Crippen molar-refractivity contribution in [2.45, 2.75) is 0 Å². The molecule has 3 aromatic carbocycles. The van der Waals surface area contributed by atoms with Gasteiger partial charge in [-0.3, -0.25) is 0 Å². The first kappa shape index (κ1) is 10.4. The topological polar surface area (TPSA) is 13.1 Å². The number of hydrogen-bond donors (Lipinski definition) is 0. The first-order chi connectivity index (χ1) is 9.43. The van der Waals surface area contributed by atoms with Crippen LogP contribution in [0.2, 0.25) is 0 Å². The summed E-state index contributed by atoms with van der Waals surface area (Å²) in [4.78, 5) is 0. The summed E-state index contributed by atoms with van der Waals surface area (Å²) >= 11 is 0. The van der Waals surface area contributed by atoms with Gasteiger partial charge in [-0.15, -0.1) is 0 Å². The van der Waals surface area contributed by atoms with Crippen molar-refractivity contribution >= 4 is 21.9 Å². The molecule has 0 bridgehead atoms. The SMILES string of the molecule is c1ccc(-c2cccc3c2oc2ccccc23)cc1. The molecule has 0 saturated carbocycles. The van der Waals surface area contributed by atoms with E-state index in [0.29, 0.717) is 0 Å². The van der Waals surface area contributed by atoms with Crippen molar-refractivity contribution in [3.05, 3.63) is 72.8 Å². The van der Waals surface area contributed by atoms with Gasteiger partial charge in [0, 0.05) is 16.3 Å². The van der Waals surface area contributed by atoms with Crippen molar-refractivity contribution in [1.29, 1.82) is 0 Å². The van der Waals surface area contributed by atoms with Crippen LogP contribution in [0.4, 0.5) is 0 Å². The van der Waals surface area contributed by atoms with E-state index in [2.05, 4.69) is 48.5 Å². The molecule has 4 rings (SSSR count). The van der Waals surface area contributed by atoms with E-state index in [1.54, 1.807) is 0 Å². The van der Waals surface area contributed by atoms with Crippen LogP contribution in [0.1, 0.15) is 0 Å². The quantitative estimate of drug-likeness (QED) is 0.445. The van der Waals surface area contributed by atoms with Crippen LogP contribution in [0, 0.1) is 0 Å². The summed E-state index contributed by atoms with van der Waals surface area (Å²) in [5, 5.41) is 2.35. The maximum Gasteiger partial charge on any atom is 0.143 e. The highest BCUT2D eigenvalue weighted by Crippen LogP contribution is 2.35. The Bertz CT molecular complexity index is 857. The van der Waals surface area contributed by atoms with Crippen LogP contribution in [0.5, 0.6) is 0 Å². The molecule has 0 atom stereocenters. The average Bonchev–Trinajstić information content (AvgIpc) is 2.87. The lowest BCUT2D eigenvalue weighted by Crippen LogP contribution is -1.77. The first-order valence-corrected chi connectivity index (χ1v) is 6.39. The van der Waals surface area contributed by atoms with Gasteiger partial charge in [0.25, 0.3) is 0 Å². The molecular formula is C18H12O. The molecule has 1 heterocycles. The molecular weight excluding hydrogens is 232 g/mol. The maximum absolute atomic E-state index is 6.04. The predicted octanol–water partition coefficient (Wildman–Crippen LogP) is 5.25. The molecule has 0 radical (unpaired) electrons. The molecule has 1 heteroatoms. The van der Waals surface area contributed by atoms with Crippen molar-refractivity contribution < 1.29 is 4.42 Å². The highest BCUT2D eigenvalue weighted by molar-refractivity contribution is 6.09. The molecule has 0 saturated heterocycles. The third-order valence-electron chi connectivity index (χ3n) is 3.49. The Hall–Kier alpha value is -2.54. The van der Waals surface area contributed by atoms with Crippen LogP contribution in [0.3, 0.4) is 0 Å². The third-order valence-corrected chi connectivity index (χ3v) is 3.49. The van der Waals surface area contributed by atoms with E-state index in [0.717, 1.165) is 16.7 Å². The molecule has 0 aliphatic rings. The van der Waals surface area contributed by atoms with Gasteiger partial charge in [0.2, 0.25) is 0 Å². The van der Waals surface area contributed by atoms with Gasteiger partial charge in [0.1, 0.15) is 11.2 Å². The highest BCUT2D eigenvalue weighted by atomic mass is 16.3. The average molecular weight is 244 g/mol. The van der Waals surface area contributed by atoms with Gasteiger partial charge in [-0.2, -0.15) is 0 Å². The maximum atomic E-state index is 6.04. The molecule has 0 amide bonds. The molecule has 0 unspecified atom stereocenters. The van der Waals surface area contributed by atoms with Crippen LogP contribution in [0.15, 0.2) is 77.2 Å². The zero-order chi connectivity index (χ0) is 12.7. The van der Waals surface area contributed by atoms with Crippen LogP contribution in [0.25, 0.3) is 33.1 Å². The van der Waals surface area contributed by atoms with E-state index in [4.69, 9.17) is 4.42 Å². The number of para-hydroxylation sites is 2. The molecule has 0 aliphatic heterocycles. The molecule has 19 heavy (non-hydrogen) atoms. The summed E-state index contributed by atoms with van der Waals surface area (Å²) < 4.78 is 6.04. The standard InChI is InChI=1S/C18H12O/c1-2-7-13(8-3-1)14-10-6-11-16-15-9-4-5-12-17(15)19-18(14)16/h1-12H. The Morgan fingerprint density at radius 2 is 1.32 bits per heavy atom. The van der Waals surface area contributed by atoms with Crippen molar-refractivity contribution in [2.24, 2.45) is 0 Å². The Kier molecular flexibility index (Phi) is 2.18.